The van der Waals surface area contributed by atoms with Crippen molar-refractivity contribution in [2.24, 2.45) is 5.10 Å². The summed E-state index contributed by atoms with van der Waals surface area (Å²) in [5.74, 6) is 0. The molecule has 9 heavy (non-hydrogen) atoms. The predicted octanol–water partition coefficient (Wildman–Crippen LogP) is -0.295. The Balaban J connectivity index is 2.30. The van der Waals surface area contributed by atoms with E-state index in [1.165, 1.54) is 0 Å². The third-order valence-electron chi connectivity index (χ3n) is 1.36. The van der Waals surface area contributed by atoms with Crippen LogP contribution in [0.2, 0.25) is 0 Å². The lowest BCUT2D eigenvalue weighted by atomic mass is 10.1. The first-order valence-electron chi connectivity index (χ1n) is 3.09. The minimum absolute atomic E-state index is 0.799. The average Bonchev–Trinajstić information content (AvgIpc) is 1.91. The molecule has 0 aromatic heterocycles. The Kier molecular flexibility index (Phi) is 2.48. The number of rotatable bonds is 1. The molecule has 1 fully saturated rings. The summed E-state index contributed by atoms with van der Waals surface area (Å²) in [5, 5.41) is 14.9. The van der Waals surface area contributed by atoms with E-state index in [1.807, 2.05) is 0 Å². The SMILES string of the molecule is ON/N=C1\CCCNC1. The van der Waals surface area contributed by atoms with E-state index >= 15 is 0 Å². The second-order valence-electron chi connectivity index (χ2n) is 2.06. The highest BCUT2D eigenvalue weighted by Gasteiger charge is 2.04. The lowest BCUT2D eigenvalue weighted by Crippen LogP contribution is -2.30. The van der Waals surface area contributed by atoms with E-state index in [9.17, 15) is 0 Å². The molecule has 0 atom stereocenters. The molecular weight excluding hydrogens is 118 g/mol. The third-order valence-corrected chi connectivity index (χ3v) is 1.36. The van der Waals surface area contributed by atoms with E-state index in [4.69, 9.17) is 5.21 Å². The normalized spacial score (nSPS) is 24.3. The van der Waals surface area contributed by atoms with Gasteiger partial charge in [-0.25, -0.2) is 0 Å². The first-order chi connectivity index (χ1) is 4.43. The van der Waals surface area contributed by atoms with Gasteiger partial charge >= 0.3 is 0 Å². The van der Waals surface area contributed by atoms with Crippen LogP contribution < -0.4 is 10.9 Å². The van der Waals surface area contributed by atoms with Gasteiger partial charge in [0.2, 0.25) is 0 Å². The van der Waals surface area contributed by atoms with Crippen LogP contribution in [0.5, 0.6) is 0 Å². The Labute approximate surface area is 53.9 Å². The zero-order valence-corrected chi connectivity index (χ0v) is 5.22. The average molecular weight is 129 g/mol. The summed E-state index contributed by atoms with van der Waals surface area (Å²) in [5.41, 5.74) is 2.77. The molecule has 52 valence electrons. The Morgan fingerprint density at radius 2 is 2.56 bits per heavy atom. The van der Waals surface area contributed by atoms with Crippen LogP contribution in [-0.4, -0.2) is 24.0 Å². The number of hydrogen-bond donors (Lipinski definition) is 3. The highest BCUT2D eigenvalue weighted by atomic mass is 16.5. The number of nitrogens with zero attached hydrogens (tertiary/aromatic N) is 1. The molecule has 1 heterocycles. The van der Waals surface area contributed by atoms with Crippen LogP contribution in [0.3, 0.4) is 0 Å². The first-order valence-corrected chi connectivity index (χ1v) is 3.09. The molecule has 0 bridgehead atoms. The molecule has 0 amide bonds. The van der Waals surface area contributed by atoms with Gasteiger partial charge in [-0.05, 0) is 19.4 Å². The fourth-order valence-electron chi connectivity index (χ4n) is 0.905. The maximum Gasteiger partial charge on any atom is 0.0541 e. The molecule has 1 saturated heterocycles. The van der Waals surface area contributed by atoms with Crippen molar-refractivity contribution in [1.82, 2.24) is 10.9 Å². The van der Waals surface area contributed by atoms with Gasteiger partial charge in [0.25, 0.3) is 0 Å². The molecule has 0 radical (unpaired) electrons. The van der Waals surface area contributed by atoms with Crippen molar-refractivity contribution in [1.29, 1.82) is 0 Å². The maximum atomic E-state index is 8.15. The largest absolute Gasteiger partial charge is 0.311 e. The van der Waals surface area contributed by atoms with Crippen molar-refractivity contribution < 1.29 is 5.21 Å². The van der Waals surface area contributed by atoms with Crippen molar-refractivity contribution in [2.45, 2.75) is 12.8 Å². The van der Waals surface area contributed by atoms with E-state index in [0.717, 1.165) is 31.6 Å². The molecule has 1 rings (SSSR count). The van der Waals surface area contributed by atoms with Crippen molar-refractivity contribution in [3.63, 3.8) is 0 Å². The quantitative estimate of drug-likeness (QED) is 0.426. The van der Waals surface area contributed by atoms with Crippen molar-refractivity contribution in [3.05, 3.63) is 0 Å². The minimum atomic E-state index is 0.799. The third kappa shape index (κ3) is 1.99. The van der Waals surface area contributed by atoms with Crippen molar-refractivity contribution in [3.8, 4) is 0 Å². The van der Waals surface area contributed by atoms with Gasteiger partial charge in [-0.3, -0.25) is 5.21 Å². The van der Waals surface area contributed by atoms with Crippen molar-refractivity contribution >= 4 is 5.71 Å². The van der Waals surface area contributed by atoms with Crippen LogP contribution in [0.25, 0.3) is 0 Å². The zero-order chi connectivity index (χ0) is 6.53. The predicted molar refractivity (Wildman–Crippen MR) is 34.5 cm³/mol. The highest BCUT2D eigenvalue weighted by molar-refractivity contribution is 5.86. The first kappa shape index (κ1) is 6.51. The standard InChI is InChI=1S/C5H11N3O/c9-8-7-5-2-1-3-6-4-5/h6,8-9H,1-4H2/b7-5+. The van der Waals surface area contributed by atoms with Crippen molar-refractivity contribution in [2.75, 3.05) is 13.1 Å². The van der Waals surface area contributed by atoms with E-state index < -0.39 is 0 Å². The van der Waals surface area contributed by atoms with Gasteiger partial charge in [-0.2, -0.15) is 10.7 Å². The maximum absolute atomic E-state index is 8.15. The number of piperidine rings is 1. The number of nitrogens with one attached hydrogen (secondary N) is 2. The van der Waals surface area contributed by atoms with Gasteiger partial charge in [0.05, 0.1) is 5.71 Å². The number of hydrogen-bond acceptors (Lipinski definition) is 4. The Hall–Kier alpha value is -0.610. The van der Waals surface area contributed by atoms with Gasteiger partial charge < -0.3 is 5.32 Å². The Bertz CT molecular complexity index is 105. The molecule has 0 spiro atoms. The van der Waals surface area contributed by atoms with Gasteiger partial charge in [0.1, 0.15) is 0 Å². The van der Waals surface area contributed by atoms with Crippen LogP contribution in [0.4, 0.5) is 0 Å². The van der Waals surface area contributed by atoms with Gasteiger partial charge in [-0.15, -0.1) is 0 Å². The summed E-state index contributed by atoms with van der Waals surface area (Å²) in [6.07, 6.45) is 2.10. The van der Waals surface area contributed by atoms with Crippen LogP contribution in [0.15, 0.2) is 5.10 Å². The Morgan fingerprint density at radius 1 is 1.67 bits per heavy atom. The van der Waals surface area contributed by atoms with E-state index in [2.05, 4.69) is 10.4 Å². The van der Waals surface area contributed by atoms with E-state index in [1.54, 1.807) is 5.59 Å². The van der Waals surface area contributed by atoms with Crippen LogP contribution >= 0.6 is 0 Å². The highest BCUT2D eigenvalue weighted by Crippen LogP contribution is 1.95. The lowest BCUT2D eigenvalue weighted by molar-refractivity contribution is 0.171. The zero-order valence-electron chi connectivity index (χ0n) is 5.22. The summed E-state index contributed by atoms with van der Waals surface area (Å²) < 4.78 is 0. The molecule has 0 saturated carbocycles. The molecule has 3 N–H and O–H groups in total. The molecule has 0 aromatic rings. The molecular formula is C5H11N3O. The smallest absolute Gasteiger partial charge is 0.0541 e. The monoisotopic (exact) mass is 129 g/mol. The van der Waals surface area contributed by atoms with Crippen LogP contribution in [0.1, 0.15) is 12.8 Å². The second-order valence-corrected chi connectivity index (χ2v) is 2.06. The summed E-state index contributed by atoms with van der Waals surface area (Å²) in [6, 6.07) is 0. The molecule has 0 unspecified atom stereocenters. The van der Waals surface area contributed by atoms with Crippen LogP contribution in [0, 0.1) is 0 Å². The second kappa shape index (κ2) is 3.42. The summed E-state index contributed by atoms with van der Waals surface area (Å²) in [4.78, 5) is 0. The fourth-order valence-corrected chi connectivity index (χ4v) is 0.905. The molecule has 1 aliphatic heterocycles. The topological polar surface area (TPSA) is 56.6 Å². The fraction of sp³-hybridized carbons (Fsp3) is 0.800. The van der Waals surface area contributed by atoms with Crippen LogP contribution in [-0.2, 0) is 0 Å². The Morgan fingerprint density at radius 3 is 3.11 bits per heavy atom. The molecule has 4 heteroatoms. The van der Waals surface area contributed by atoms with Gasteiger partial charge in [0, 0.05) is 6.54 Å². The number of hydrazone groups is 1. The molecule has 4 nitrogen and oxygen atoms in total. The summed E-state index contributed by atoms with van der Waals surface area (Å²) >= 11 is 0. The molecule has 1 aliphatic rings. The molecule has 0 aliphatic carbocycles. The lowest BCUT2D eigenvalue weighted by Gasteiger charge is -2.12. The minimum Gasteiger partial charge on any atom is -0.311 e. The summed E-state index contributed by atoms with van der Waals surface area (Å²) in [6.45, 7) is 1.86. The van der Waals surface area contributed by atoms with E-state index in [0.29, 0.717) is 0 Å². The summed E-state index contributed by atoms with van der Waals surface area (Å²) in [7, 11) is 0. The van der Waals surface area contributed by atoms with E-state index in [-0.39, 0.29) is 0 Å². The van der Waals surface area contributed by atoms with Gasteiger partial charge in [-0.1, -0.05) is 0 Å². The van der Waals surface area contributed by atoms with Gasteiger partial charge in [0.15, 0.2) is 0 Å². The molecule has 0 aromatic carbocycles.